The maximum absolute atomic E-state index is 8.04. The van der Waals surface area contributed by atoms with E-state index in [-0.39, 0.29) is 0 Å². The standard InChI is InChI=1S/C12H20N6S/c1-9-8-15-12(19-9)16-10(13)7-11(14)18-5-3-17(2)4-6-18/h7-8,14H,3-6,13H2,1-2H3,(H,15,16)/b10-7+,14-11?. The zero-order chi connectivity index (χ0) is 13.8. The Balaban J connectivity index is 1.90. The number of aromatic nitrogens is 1. The van der Waals surface area contributed by atoms with E-state index >= 15 is 0 Å². The summed E-state index contributed by atoms with van der Waals surface area (Å²) in [7, 11) is 2.09. The third kappa shape index (κ3) is 3.93. The number of aryl methyl sites for hydroxylation is 1. The smallest absolute Gasteiger partial charge is 0.188 e. The number of likely N-dealkylation sites (N-methyl/N-ethyl adjacent to an activating group) is 1. The van der Waals surface area contributed by atoms with Crippen LogP contribution < -0.4 is 11.1 Å². The Morgan fingerprint density at radius 2 is 2.16 bits per heavy atom. The maximum atomic E-state index is 8.04. The Kier molecular flexibility index (Phi) is 4.39. The highest BCUT2D eigenvalue weighted by atomic mass is 32.1. The molecule has 1 aliphatic heterocycles. The van der Waals surface area contributed by atoms with Gasteiger partial charge in [-0.2, -0.15) is 0 Å². The molecule has 0 saturated carbocycles. The van der Waals surface area contributed by atoms with Gasteiger partial charge in [0, 0.05) is 43.3 Å². The van der Waals surface area contributed by atoms with E-state index in [4.69, 9.17) is 11.1 Å². The lowest BCUT2D eigenvalue weighted by atomic mass is 10.3. The number of amidine groups is 1. The van der Waals surface area contributed by atoms with Crippen molar-refractivity contribution in [1.29, 1.82) is 5.41 Å². The van der Waals surface area contributed by atoms with Crippen LogP contribution in [0.4, 0.5) is 5.13 Å². The molecule has 0 aromatic carbocycles. The highest BCUT2D eigenvalue weighted by Gasteiger charge is 2.15. The Bertz CT molecular complexity index is 472. The lowest BCUT2D eigenvalue weighted by Crippen LogP contribution is -2.46. The molecule has 104 valence electrons. The van der Waals surface area contributed by atoms with Gasteiger partial charge in [0.05, 0.1) is 0 Å². The number of thiazole rings is 1. The van der Waals surface area contributed by atoms with Gasteiger partial charge in [0.25, 0.3) is 0 Å². The Morgan fingerprint density at radius 3 is 2.74 bits per heavy atom. The first kappa shape index (κ1) is 13.8. The molecule has 6 nitrogen and oxygen atoms in total. The maximum Gasteiger partial charge on any atom is 0.188 e. The summed E-state index contributed by atoms with van der Waals surface area (Å²) >= 11 is 1.55. The molecule has 0 spiro atoms. The van der Waals surface area contributed by atoms with Gasteiger partial charge < -0.3 is 20.9 Å². The van der Waals surface area contributed by atoms with Gasteiger partial charge in [-0.25, -0.2) is 4.98 Å². The minimum Gasteiger partial charge on any atom is -0.385 e. The average molecular weight is 280 g/mol. The van der Waals surface area contributed by atoms with Gasteiger partial charge in [-0.15, -0.1) is 11.3 Å². The second-order valence-corrected chi connectivity index (χ2v) is 5.91. The topological polar surface area (TPSA) is 81.3 Å². The van der Waals surface area contributed by atoms with E-state index in [1.54, 1.807) is 23.6 Å². The predicted molar refractivity (Wildman–Crippen MR) is 79.5 cm³/mol. The average Bonchev–Trinajstić information content (AvgIpc) is 2.75. The van der Waals surface area contributed by atoms with Crippen molar-refractivity contribution in [3.63, 3.8) is 0 Å². The molecule has 4 N–H and O–H groups in total. The fraction of sp³-hybridized carbons (Fsp3) is 0.500. The van der Waals surface area contributed by atoms with Crippen molar-refractivity contribution in [3.05, 3.63) is 23.0 Å². The van der Waals surface area contributed by atoms with E-state index in [9.17, 15) is 0 Å². The van der Waals surface area contributed by atoms with Gasteiger partial charge in [-0.1, -0.05) is 0 Å². The van der Waals surface area contributed by atoms with Crippen LogP contribution in [0.2, 0.25) is 0 Å². The van der Waals surface area contributed by atoms with E-state index < -0.39 is 0 Å². The van der Waals surface area contributed by atoms with E-state index in [2.05, 4.69) is 22.2 Å². The highest BCUT2D eigenvalue weighted by molar-refractivity contribution is 7.15. The summed E-state index contributed by atoms with van der Waals surface area (Å²) in [6, 6.07) is 0. The SMILES string of the molecule is Cc1cnc(N/C(N)=C/C(=N)N2CCN(C)CC2)s1. The number of hydrogen-bond donors (Lipinski definition) is 3. The summed E-state index contributed by atoms with van der Waals surface area (Å²) in [5.74, 6) is 0.907. The van der Waals surface area contributed by atoms with Crippen molar-refractivity contribution in [1.82, 2.24) is 14.8 Å². The van der Waals surface area contributed by atoms with Gasteiger partial charge in [0.15, 0.2) is 5.13 Å². The lowest BCUT2D eigenvalue weighted by Gasteiger charge is -2.33. The molecule has 1 aromatic rings. The van der Waals surface area contributed by atoms with Gasteiger partial charge in [-0.05, 0) is 14.0 Å². The molecule has 1 aliphatic rings. The molecular formula is C12H20N6S. The first-order chi connectivity index (χ1) is 9.04. The number of piperazine rings is 1. The fourth-order valence-electron chi connectivity index (χ4n) is 1.86. The van der Waals surface area contributed by atoms with Gasteiger partial charge in [0.1, 0.15) is 11.7 Å². The molecule has 0 atom stereocenters. The number of rotatable bonds is 3. The van der Waals surface area contributed by atoms with Crippen LogP contribution in [-0.4, -0.2) is 53.8 Å². The summed E-state index contributed by atoms with van der Waals surface area (Å²) in [4.78, 5) is 9.60. The van der Waals surface area contributed by atoms with Crippen molar-refractivity contribution in [3.8, 4) is 0 Å². The first-order valence-electron chi connectivity index (χ1n) is 6.23. The number of nitrogens with two attached hydrogens (primary N) is 1. The monoisotopic (exact) mass is 280 g/mol. The minimum atomic E-state index is 0.450. The van der Waals surface area contributed by atoms with Crippen LogP contribution >= 0.6 is 11.3 Å². The predicted octanol–water partition coefficient (Wildman–Crippen LogP) is 0.888. The number of nitrogens with one attached hydrogen (secondary N) is 2. The molecule has 1 aromatic heterocycles. The number of nitrogens with zero attached hydrogens (tertiary/aromatic N) is 3. The number of hydrogen-bond acceptors (Lipinski definition) is 6. The van der Waals surface area contributed by atoms with E-state index in [1.165, 1.54) is 0 Å². The molecule has 1 saturated heterocycles. The van der Waals surface area contributed by atoms with Crippen LogP contribution in [0.5, 0.6) is 0 Å². The number of anilines is 1. The van der Waals surface area contributed by atoms with Crippen LogP contribution in [0, 0.1) is 12.3 Å². The van der Waals surface area contributed by atoms with Crippen molar-refractivity contribution < 1.29 is 0 Å². The summed E-state index contributed by atoms with van der Waals surface area (Å²) in [6.07, 6.45) is 3.45. The van der Waals surface area contributed by atoms with Crippen LogP contribution in [0.3, 0.4) is 0 Å². The molecule has 7 heteroatoms. The highest BCUT2D eigenvalue weighted by Crippen LogP contribution is 2.17. The molecule has 0 radical (unpaired) electrons. The quantitative estimate of drug-likeness (QED) is 0.566. The molecule has 19 heavy (non-hydrogen) atoms. The van der Waals surface area contributed by atoms with E-state index in [0.717, 1.165) is 36.2 Å². The second-order valence-electron chi connectivity index (χ2n) is 4.68. The third-order valence-corrected chi connectivity index (χ3v) is 3.84. The van der Waals surface area contributed by atoms with E-state index in [1.807, 2.05) is 11.8 Å². The molecular weight excluding hydrogens is 260 g/mol. The van der Waals surface area contributed by atoms with Crippen LogP contribution in [0.1, 0.15) is 4.88 Å². The van der Waals surface area contributed by atoms with Crippen molar-refractivity contribution in [2.45, 2.75) is 6.92 Å². The normalized spacial score (nSPS) is 17.6. The molecule has 1 fully saturated rings. The summed E-state index contributed by atoms with van der Waals surface area (Å²) in [6.45, 7) is 5.70. The molecule has 2 heterocycles. The summed E-state index contributed by atoms with van der Waals surface area (Å²) in [5, 5.41) is 11.8. The lowest BCUT2D eigenvalue weighted by molar-refractivity contribution is 0.215. The van der Waals surface area contributed by atoms with Gasteiger partial charge in [-0.3, -0.25) is 5.41 Å². The molecule has 2 rings (SSSR count). The molecule has 0 amide bonds. The summed E-state index contributed by atoms with van der Waals surface area (Å²) < 4.78 is 0. The van der Waals surface area contributed by atoms with Gasteiger partial charge >= 0.3 is 0 Å². The first-order valence-corrected chi connectivity index (χ1v) is 7.05. The molecule has 0 aliphatic carbocycles. The fourth-order valence-corrected chi connectivity index (χ4v) is 2.54. The Hall–Kier alpha value is -1.60. The Morgan fingerprint density at radius 1 is 1.47 bits per heavy atom. The van der Waals surface area contributed by atoms with Crippen molar-refractivity contribution in [2.24, 2.45) is 5.73 Å². The van der Waals surface area contributed by atoms with E-state index in [0.29, 0.717) is 11.7 Å². The van der Waals surface area contributed by atoms with Gasteiger partial charge in [0.2, 0.25) is 0 Å². The van der Waals surface area contributed by atoms with Crippen molar-refractivity contribution >= 4 is 22.3 Å². The minimum absolute atomic E-state index is 0.450. The third-order valence-electron chi connectivity index (χ3n) is 3.01. The second kappa shape index (κ2) is 6.03. The molecule has 0 bridgehead atoms. The largest absolute Gasteiger partial charge is 0.385 e. The zero-order valence-corrected chi connectivity index (χ0v) is 12.1. The Labute approximate surface area is 117 Å². The van der Waals surface area contributed by atoms with Crippen LogP contribution in [-0.2, 0) is 0 Å². The molecule has 0 unspecified atom stereocenters. The van der Waals surface area contributed by atoms with Crippen LogP contribution in [0.25, 0.3) is 0 Å². The van der Waals surface area contributed by atoms with Crippen molar-refractivity contribution in [2.75, 3.05) is 38.5 Å². The summed E-state index contributed by atoms with van der Waals surface area (Å²) in [5.41, 5.74) is 5.89. The zero-order valence-electron chi connectivity index (χ0n) is 11.3. The van der Waals surface area contributed by atoms with Crippen LogP contribution in [0.15, 0.2) is 18.1 Å².